The van der Waals surface area contributed by atoms with Crippen LogP contribution in [0.3, 0.4) is 0 Å². The highest BCUT2D eigenvalue weighted by atomic mass is 16.7. The zero-order valence-electron chi connectivity index (χ0n) is 20.0. The first-order valence-electron chi connectivity index (χ1n) is 10.4. The topological polar surface area (TPSA) is 98.8 Å². The van der Waals surface area contributed by atoms with Crippen LogP contribution in [0.5, 0.6) is 0 Å². The van der Waals surface area contributed by atoms with Gasteiger partial charge in [-0.05, 0) is 78.6 Å². The third-order valence-electron chi connectivity index (χ3n) is 5.16. The number of pyridine rings is 1. The Morgan fingerprint density at radius 1 is 1.16 bits per heavy atom. The summed E-state index contributed by atoms with van der Waals surface area (Å²) in [7, 11) is -0.644. The third-order valence-corrected chi connectivity index (χ3v) is 5.16. The Hall–Kier alpha value is -2.39. The van der Waals surface area contributed by atoms with E-state index < -0.39 is 30.0 Å². The van der Waals surface area contributed by atoms with Crippen LogP contribution in [0.15, 0.2) is 17.6 Å². The fourth-order valence-electron chi connectivity index (χ4n) is 2.86. The molecule has 9 heteroatoms. The molecule has 2 N–H and O–H groups in total. The number of ether oxygens (including phenoxy) is 1. The Bertz CT molecular complexity index is 858. The smallest absolute Gasteiger partial charge is 0.444 e. The van der Waals surface area contributed by atoms with Crippen molar-refractivity contribution in [3.8, 4) is 0 Å². The van der Waals surface area contributed by atoms with Crippen LogP contribution in [0, 0.1) is 6.92 Å². The van der Waals surface area contributed by atoms with Gasteiger partial charge in [-0.2, -0.15) is 0 Å². The summed E-state index contributed by atoms with van der Waals surface area (Å²) in [6.07, 6.45) is 1.37. The quantitative estimate of drug-likeness (QED) is 0.687. The van der Waals surface area contributed by atoms with Gasteiger partial charge in [0.2, 0.25) is 5.91 Å². The van der Waals surface area contributed by atoms with E-state index in [1.54, 1.807) is 6.07 Å². The molecule has 2 heterocycles. The fourth-order valence-corrected chi connectivity index (χ4v) is 2.86. The number of rotatable bonds is 5. The van der Waals surface area contributed by atoms with Crippen molar-refractivity contribution in [2.45, 2.75) is 79.1 Å². The summed E-state index contributed by atoms with van der Waals surface area (Å²) in [6, 6.07) is 3.58. The molecule has 8 nitrogen and oxygen atoms in total. The molecule has 0 bridgehead atoms. The molecule has 0 spiro atoms. The molecule has 2 rings (SSSR count). The molecule has 0 unspecified atom stereocenters. The summed E-state index contributed by atoms with van der Waals surface area (Å²) in [4.78, 5) is 27.9. The molecule has 1 aliphatic heterocycles. The molecule has 0 radical (unpaired) electrons. The van der Waals surface area contributed by atoms with Gasteiger partial charge in [0.15, 0.2) is 0 Å². The number of aromatic nitrogens is 1. The van der Waals surface area contributed by atoms with E-state index in [0.29, 0.717) is 5.82 Å². The molecule has 31 heavy (non-hydrogen) atoms. The lowest BCUT2D eigenvalue weighted by molar-refractivity contribution is -0.114. The van der Waals surface area contributed by atoms with Crippen LogP contribution >= 0.6 is 0 Å². The lowest BCUT2D eigenvalue weighted by atomic mass is 9.77. The van der Waals surface area contributed by atoms with Gasteiger partial charge in [0.05, 0.1) is 11.2 Å². The number of amides is 2. The fraction of sp³-hybridized carbons (Fsp3) is 0.591. The maximum Gasteiger partial charge on any atom is 0.492 e. The summed E-state index contributed by atoms with van der Waals surface area (Å²) in [5.74, 6) is 0.292. The van der Waals surface area contributed by atoms with Gasteiger partial charge in [0.25, 0.3) is 0 Å². The van der Waals surface area contributed by atoms with E-state index >= 15 is 0 Å². The van der Waals surface area contributed by atoms with Crippen LogP contribution in [-0.2, 0) is 18.8 Å². The van der Waals surface area contributed by atoms with Crippen molar-refractivity contribution in [2.24, 2.45) is 0 Å². The number of aryl methyl sites for hydroxylation is 1. The Balaban J connectivity index is 2.31. The highest BCUT2D eigenvalue weighted by molar-refractivity contribution is 6.56. The number of anilines is 1. The number of hydrogen-bond donors (Lipinski definition) is 2. The van der Waals surface area contributed by atoms with Crippen LogP contribution in [-0.4, -0.2) is 47.5 Å². The summed E-state index contributed by atoms with van der Waals surface area (Å²) >= 11 is 0. The largest absolute Gasteiger partial charge is 0.492 e. The number of carbonyl (C=O) groups excluding carboxylic acids is 2. The average molecular weight is 431 g/mol. The van der Waals surface area contributed by atoms with Gasteiger partial charge >= 0.3 is 13.2 Å². The van der Waals surface area contributed by atoms with Crippen molar-refractivity contribution in [3.05, 3.63) is 28.9 Å². The van der Waals surface area contributed by atoms with Crippen LogP contribution in [0.1, 0.15) is 66.6 Å². The molecule has 1 aromatic rings. The predicted octanol–water partition coefficient (Wildman–Crippen LogP) is 3.89. The summed E-state index contributed by atoms with van der Waals surface area (Å²) in [6.45, 7) is 16.8. The first kappa shape index (κ1) is 24.9. The van der Waals surface area contributed by atoms with Crippen LogP contribution < -0.4 is 10.6 Å². The lowest BCUT2D eigenvalue weighted by Gasteiger charge is -2.32. The maximum absolute atomic E-state index is 12.2. The molecule has 0 aliphatic carbocycles. The lowest BCUT2D eigenvalue weighted by Crippen LogP contribution is -2.41. The average Bonchev–Trinajstić information content (AvgIpc) is 2.78. The Morgan fingerprint density at radius 2 is 1.74 bits per heavy atom. The van der Waals surface area contributed by atoms with Crippen molar-refractivity contribution in [1.29, 1.82) is 0 Å². The summed E-state index contributed by atoms with van der Waals surface area (Å²) in [5, 5.41) is 5.45. The highest BCUT2D eigenvalue weighted by Crippen LogP contribution is 2.38. The number of carbonyl (C=O) groups is 2. The molecule has 1 saturated heterocycles. The standard InChI is InChI=1S/C22H34BN3O5/c1-14-16(10-11-18(25-14)26-15(2)27)12-17(13-24-19(28)29-20(3,4)5)23-30-21(6,7)22(8,9)31-23/h10-12H,13H2,1-9H3,(H,24,28)(H,25,26,27). The van der Waals surface area contributed by atoms with E-state index in [0.717, 1.165) is 16.7 Å². The predicted molar refractivity (Wildman–Crippen MR) is 122 cm³/mol. The molecule has 1 aromatic heterocycles. The third kappa shape index (κ3) is 6.80. The van der Waals surface area contributed by atoms with Crippen LogP contribution in [0.2, 0.25) is 0 Å². The summed E-state index contributed by atoms with van der Waals surface area (Å²) < 4.78 is 17.7. The SMILES string of the molecule is CC(=O)Nc1ccc(C=C(CNC(=O)OC(C)(C)C)B2OC(C)(C)C(C)(C)O2)c(C)n1. The highest BCUT2D eigenvalue weighted by Gasteiger charge is 2.52. The van der Waals surface area contributed by atoms with E-state index in [2.05, 4.69) is 15.6 Å². The van der Waals surface area contributed by atoms with Gasteiger partial charge < -0.3 is 24.7 Å². The normalized spacial score (nSPS) is 18.0. The van der Waals surface area contributed by atoms with Gasteiger partial charge in [0, 0.05) is 19.2 Å². The van der Waals surface area contributed by atoms with Gasteiger partial charge in [0.1, 0.15) is 11.4 Å². The first-order valence-corrected chi connectivity index (χ1v) is 10.4. The zero-order valence-corrected chi connectivity index (χ0v) is 20.0. The number of nitrogens with zero attached hydrogens (tertiary/aromatic N) is 1. The van der Waals surface area contributed by atoms with E-state index in [-0.39, 0.29) is 12.5 Å². The summed E-state index contributed by atoms with van der Waals surface area (Å²) in [5.41, 5.74) is 0.624. The Kier molecular flexibility index (Phi) is 7.23. The molecule has 0 atom stereocenters. The number of alkyl carbamates (subject to hydrolysis) is 1. The van der Waals surface area contributed by atoms with Gasteiger partial charge in [-0.25, -0.2) is 9.78 Å². The van der Waals surface area contributed by atoms with E-state index in [1.807, 2.05) is 67.5 Å². The molecule has 1 aliphatic rings. The minimum atomic E-state index is -0.644. The minimum Gasteiger partial charge on any atom is -0.444 e. The Labute approximate surface area is 185 Å². The van der Waals surface area contributed by atoms with Gasteiger partial charge in [-0.1, -0.05) is 6.08 Å². The van der Waals surface area contributed by atoms with Crippen molar-refractivity contribution in [2.75, 3.05) is 11.9 Å². The van der Waals surface area contributed by atoms with Gasteiger partial charge in [-0.15, -0.1) is 0 Å². The second kappa shape index (κ2) is 9.00. The van der Waals surface area contributed by atoms with Crippen molar-refractivity contribution in [1.82, 2.24) is 10.3 Å². The van der Waals surface area contributed by atoms with E-state index in [9.17, 15) is 9.59 Å². The number of hydrogen-bond acceptors (Lipinski definition) is 6. The molecule has 0 aromatic carbocycles. The molecule has 2 amide bonds. The minimum absolute atomic E-state index is 0.179. The second-order valence-corrected chi connectivity index (χ2v) is 9.72. The number of nitrogens with one attached hydrogen (secondary N) is 2. The van der Waals surface area contributed by atoms with Crippen molar-refractivity contribution < 1.29 is 23.6 Å². The molecular formula is C22H34BN3O5. The van der Waals surface area contributed by atoms with E-state index in [4.69, 9.17) is 14.0 Å². The van der Waals surface area contributed by atoms with Gasteiger partial charge in [-0.3, -0.25) is 4.79 Å². The molecular weight excluding hydrogens is 397 g/mol. The van der Waals surface area contributed by atoms with Crippen molar-refractivity contribution >= 4 is 31.0 Å². The van der Waals surface area contributed by atoms with E-state index in [1.165, 1.54) is 6.92 Å². The molecule has 0 saturated carbocycles. The Morgan fingerprint density at radius 3 is 2.23 bits per heavy atom. The second-order valence-electron chi connectivity index (χ2n) is 9.72. The molecule has 170 valence electrons. The maximum atomic E-state index is 12.2. The van der Waals surface area contributed by atoms with Crippen molar-refractivity contribution in [3.63, 3.8) is 0 Å². The zero-order chi connectivity index (χ0) is 23.6. The monoisotopic (exact) mass is 431 g/mol. The molecule has 1 fully saturated rings. The van der Waals surface area contributed by atoms with Crippen LogP contribution in [0.4, 0.5) is 10.6 Å². The van der Waals surface area contributed by atoms with Crippen LogP contribution in [0.25, 0.3) is 6.08 Å². The first-order chi connectivity index (χ1) is 14.1.